The molecule has 0 aromatic heterocycles. The van der Waals surface area contributed by atoms with Crippen LogP contribution in [0.15, 0.2) is 12.7 Å². The second-order valence-electron chi connectivity index (χ2n) is 2.51. The SMILES string of the molecule is C=CC1(S)CCCC1. The lowest BCUT2D eigenvalue weighted by molar-refractivity contribution is 0.755. The Morgan fingerprint density at radius 3 is 2.12 bits per heavy atom. The molecule has 1 heteroatoms. The summed E-state index contributed by atoms with van der Waals surface area (Å²) in [5.74, 6) is 0. The van der Waals surface area contributed by atoms with Gasteiger partial charge in [-0.2, -0.15) is 12.6 Å². The average Bonchev–Trinajstić information content (AvgIpc) is 2.17. The molecule has 0 amide bonds. The summed E-state index contributed by atoms with van der Waals surface area (Å²) in [5, 5.41) is 0. The zero-order valence-electron chi connectivity index (χ0n) is 5.06. The minimum atomic E-state index is 0.194. The summed E-state index contributed by atoms with van der Waals surface area (Å²) in [4.78, 5) is 0. The Balaban J connectivity index is 2.52. The van der Waals surface area contributed by atoms with E-state index in [1.54, 1.807) is 0 Å². The molecule has 1 saturated carbocycles. The van der Waals surface area contributed by atoms with Gasteiger partial charge in [0.25, 0.3) is 0 Å². The summed E-state index contributed by atoms with van der Waals surface area (Å²) >= 11 is 4.46. The Hall–Kier alpha value is 0.0900. The molecule has 0 aliphatic heterocycles. The molecular formula is C7H12S. The van der Waals surface area contributed by atoms with E-state index >= 15 is 0 Å². The highest BCUT2D eigenvalue weighted by molar-refractivity contribution is 7.82. The van der Waals surface area contributed by atoms with Gasteiger partial charge >= 0.3 is 0 Å². The van der Waals surface area contributed by atoms with Crippen LogP contribution in [0.2, 0.25) is 0 Å². The van der Waals surface area contributed by atoms with E-state index in [2.05, 4.69) is 19.2 Å². The molecule has 0 unspecified atom stereocenters. The standard InChI is InChI=1S/C7H12S/c1-2-7(8)5-3-4-6-7/h2,8H,1,3-6H2. The fourth-order valence-corrected chi connectivity index (χ4v) is 1.51. The zero-order valence-corrected chi connectivity index (χ0v) is 5.95. The zero-order chi connectivity index (χ0) is 6.04. The van der Waals surface area contributed by atoms with E-state index in [-0.39, 0.29) is 4.75 Å². The predicted molar refractivity (Wildman–Crippen MR) is 40.4 cm³/mol. The van der Waals surface area contributed by atoms with Crippen molar-refractivity contribution in [3.05, 3.63) is 12.7 Å². The Morgan fingerprint density at radius 1 is 1.38 bits per heavy atom. The van der Waals surface area contributed by atoms with Crippen molar-refractivity contribution in [3.63, 3.8) is 0 Å². The van der Waals surface area contributed by atoms with Crippen molar-refractivity contribution in [3.8, 4) is 0 Å². The molecule has 0 heterocycles. The molecule has 1 aliphatic carbocycles. The molecular weight excluding hydrogens is 116 g/mol. The van der Waals surface area contributed by atoms with E-state index in [4.69, 9.17) is 0 Å². The first kappa shape index (κ1) is 6.21. The maximum Gasteiger partial charge on any atom is 0.0306 e. The van der Waals surface area contributed by atoms with Crippen molar-refractivity contribution in [2.24, 2.45) is 0 Å². The molecule has 1 fully saturated rings. The van der Waals surface area contributed by atoms with Crippen molar-refractivity contribution < 1.29 is 0 Å². The molecule has 1 aliphatic rings. The maximum absolute atomic E-state index is 4.46. The first-order chi connectivity index (χ1) is 3.77. The van der Waals surface area contributed by atoms with Crippen molar-refractivity contribution >= 4 is 12.6 Å². The highest BCUT2D eigenvalue weighted by atomic mass is 32.1. The van der Waals surface area contributed by atoms with Crippen LogP contribution >= 0.6 is 12.6 Å². The topological polar surface area (TPSA) is 0 Å². The van der Waals surface area contributed by atoms with Crippen LogP contribution in [0.3, 0.4) is 0 Å². The number of hydrogen-bond acceptors (Lipinski definition) is 1. The smallest absolute Gasteiger partial charge is 0.0306 e. The minimum absolute atomic E-state index is 0.194. The molecule has 0 aromatic carbocycles. The molecule has 1 rings (SSSR count). The molecule has 8 heavy (non-hydrogen) atoms. The van der Waals surface area contributed by atoms with Crippen LogP contribution in [0.25, 0.3) is 0 Å². The molecule has 0 radical (unpaired) electrons. The molecule has 0 bridgehead atoms. The number of rotatable bonds is 1. The predicted octanol–water partition coefficient (Wildman–Crippen LogP) is 2.42. The lowest BCUT2D eigenvalue weighted by atomic mass is 10.1. The van der Waals surface area contributed by atoms with Crippen LogP contribution < -0.4 is 0 Å². The van der Waals surface area contributed by atoms with Gasteiger partial charge in [0.1, 0.15) is 0 Å². The lowest BCUT2D eigenvalue weighted by Gasteiger charge is -2.14. The Kier molecular flexibility index (Phi) is 1.66. The summed E-state index contributed by atoms with van der Waals surface area (Å²) in [6, 6.07) is 0. The van der Waals surface area contributed by atoms with Crippen LogP contribution in [-0.2, 0) is 0 Å². The van der Waals surface area contributed by atoms with Crippen LogP contribution in [0, 0.1) is 0 Å². The summed E-state index contributed by atoms with van der Waals surface area (Å²) in [6.45, 7) is 3.74. The van der Waals surface area contributed by atoms with E-state index in [0.717, 1.165) is 0 Å². The van der Waals surface area contributed by atoms with Crippen LogP contribution in [0.5, 0.6) is 0 Å². The normalized spacial score (nSPS) is 25.6. The van der Waals surface area contributed by atoms with Crippen molar-refractivity contribution in [2.45, 2.75) is 30.4 Å². The van der Waals surface area contributed by atoms with Gasteiger partial charge in [0.2, 0.25) is 0 Å². The van der Waals surface area contributed by atoms with E-state index in [1.807, 2.05) is 6.08 Å². The van der Waals surface area contributed by atoms with E-state index in [0.29, 0.717) is 0 Å². The molecule has 0 nitrogen and oxygen atoms in total. The summed E-state index contributed by atoms with van der Waals surface area (Å²) in [6.07, 6.45) is 7.08. The monoisotopic (exact) mass is 128 g/mol. The van der Waals surface area contributed by atoms with Crippen molar-refractivity contribution in [1.82, 2.24) is 0 Å². The summed E-state index contributed by atoms with van der Waals surface area (Å²) in [7, 11) is 0. The average molecular weight is 128 g/mol. The Labute approximate surface area is 56.4 Å². The molecule has 46 valence electrons. The van der Waals surface area contributed by atoms with Gasteiger partial charge in [-0.3, -0.25) is 0 Å². The summed E-state index contributed by atoms with van der Waals surface area (Å²) in [5.41, 5.74) is 0. The lowest BCUT2D eigenvalue weighted by Crippen LogP contribution is -2.10. The van der Waals surface area contributed by atoms with Gasteiger partial charge in [0.05, 0.1) is 0 Å². The van der Waals surface area contributed by atoms with Gasteiger partial charge in [0, 0.05) is 4.75 Å². The number of thiol groups is 1. The van der Waals surface area contributed by atoms with Gasteiger partial charge in [-0.15, -0.1) is 6.58 Å². The third-order valence-electron chi connectivity index (χ3n) is 1.85. The highest BCUT2D eigenvalue weighted by Gasteiger charge is 2.25. The quantitative estimate of drug-likeness (QED) is 0.407. The van der Waals surface area contributed by atoms with Crippen LogP contribution in [0.4, 0.5) is 0 Å². The number of hydrogen-bond donors (Lipinski definition) is 1. The first-order valence-corrected chi connectivity index (χ1v) is 3.57. The largest absolute Gasteiger partial charge is 0.168 e. The first-order valence-electron chi connectivity index (χ1n) is 3.13. The third kappa shape index (κ3) is 1.08. The van der Waals surface area contributed by atoms with E-state index in [1.165, 1.54) is 25.7 Å². The fourth-order valence-electron chi connectivity index (χ4n) is 1.19. The van der Waals surface area contributed by atoms with Crippen molar-refractivity contribution in [1.29, 1.82) is 0 Å². The Bertz CT molecular complexity index is 90.6. The fraction of sp³-hybridized carbons (Fsp3) is 0.714. The van der Waals surface area contributed by atoms with Gasteiger partial charge < -0.3 is 0 Å². The van der Waals surface area contributed by atoms with Crippen LogP contribution in [0.1, 0.15) is 25.7 Å². The molecule has 0 atom stereocenters. The van der Waals surface area contributed by atoms with Gasteiger partial charge in [-0.1, -0.05) is 18.9 Å². The minimum Gasteiger partial charge on any atom is -0.168 e. The maximum atomic E-state index is 4.46. The Morgan fingerprint density at radius 2 is 1.88 bits per heavy atom. The molecule has 0 N–H and O–H groups in total. The second kappa shape index (κ2) is 2.14. The van der Waals surface area contributed by atoms with E-state index in [9.17, 15) is 0 Å². The van der Waals surface area contributed by atoms with Gasteiger partial charge in [-0.25, -0.2) is 0 Å². The van der Waals surface area contributed by atoms with Gasteiger partial charge in [-0.05, 0) is 12.8 Å². The van der Waals surface area contributed by atoms with Crippen molar-refractivity contribution in [2.75, 3.05) is 0 Å². The van der Waals surface area contributed by atoms with Crippen LogP contribution in [-0.4, -0.2) is 4.75 Å². The van der Waals surface area contributed by atoms with Gasteiger partial charge in [0.15, 0.2) is 0 Å². The summed E-state index contributed by atoms with van der Waals surface area (Å²) < 4.78 is 0.194. The third-order valence-corrected chi connectivity index (χ3v) is 2.48. The molecule has 0 aromatic rings. The molecule has 0 spiro atoms. The van der Waals surface area contributed by atoms with E-state index < -0.39 is 0 Å². The highest BCUT2D eigenvalue weighted by Crippen LogP contribution is 2.35. The second-order valence-corrected chi connectivity index (χ2v) is 3.41. The molecule has 0 saturated heterocycles.